The van der Waals surface area contributed by atoms with Gasteiger partial charge in [-0.3, -0.25) is 9.69 Å². The number of amides is 1. The van der Waals surface area contributed by atoms with Crippen molar-refractivity contribution in [2.75, 3.05) is 25.0 Å². The molecule has 2 aliphatic rings. The van der Waals surface area contributed by atoms with Gasteiger partial charge in [-0.25, -0.2) is 9.97 Å². The van der Waals surface area contributed by atoms with Gasteiger partial charge in [0, 0.05) is 50.7 Å². The van der Waals surface area contributed by atoms with Crippen molar-refractivity contribution in [3.05, 3.63) is 53.3 Å². The van der Waals surface area contributed by atoms with Crippen molar-refractivity contribution in [2.45, 2.75) is 51.7 Å². The normalized spacial score (nSPS) is 20.1. The highest BCUT2D eigenvalue weighted by molar-refractivity contribution is 5.93. The van der Waals surface area contributed by atoms with Crippen LogP contribution in [-0.4, -0.2) is 57.4 Å². The standard InChI is InChI=1S/C22H29N5O/c1-16(2)25-22-23-12-19(13-24-22)21(28)27-10-5-8-20(15-27)26-11-9-17-6-3-4-7-18(17)14-26/h3-4,6-7,12-13,16,20H,5,8-11,14-15H2,1-2H3,(H,23,24,25)/t20-/m0/s1. The third-order valence-corrected chi connectivity index (χ3v) is 5.68. The van der Waals surface area contributed by atoms with Crippen LogP contribution in [0.25, 0.3) is 0 Å². The van der Waals surface area contributed by atoms with E-state index in [0.717, 1.165) is 45.4 Å². The first-order valence-corrected chi connectivity index (χ1v) is 10.3. The minimum Gasteiger partial charge on any atom is -0.352 e. The number of anilines is 1. The predicted molar refractivity (Wildman–Crippen MR) is 110 cm³/mol. The number of carbonyl (C=O) groups excluding carboxylic acids is 1. The van der Waals surface area contributed by atoms with E-state index in [-0.39, 0.29) is 11.9 Å². The second-order valence-electron chi connectivity index (χ2n) is 8.13. The monoisotopic (exact) mass is 379 g/mol. The van der Waals surface area contributed by atoms with Gasteiger partial charge >= 0.3 is 0 Å². The molecule has 2 aliphatic heterocycles. The van der Waals surface area contributed by atoms with E-state index < -0.39 is 0 Å². The number of hydrogen-bond acceptors (Lipinski definition) is 5. The zero-order valence-corrected chi connectivity index (χ0v) is 16.8. The van der Waals surface area contributed by atoms with Crippen molar-refractivity contribution in [2.24, 2.45) is 0 Å². The van der Waals surface area contributed by atoms with Crippen molar-refractivity contribution < 1.29 is 4.79 Å². The molecule has 0 unspecified atom stereocenters. The van der Waals surface area contributed by atoms with Crippen LogP contribution in [0.1, 0.15) is 48.2 Å². The van der Waals surface area contributed by atoms with Crippen LogP contribution in [0.2, 0.25) is 0 Å². The van der Waals surface area contributed by atoms with Crippen molar-refractivity contribution in [1.29, 1.82) is 0 Å². The average molecular weight is 380 g/mol. The number of carbonyl (C=O) groups is 1. The van der Waals surface area contributed by atoms with Gasteiger partial charge in [-0.1, -0.05) is 24.3 Å². The number of nitrogens with one attached hydrogen (secondary N) is 1. The minimum absolute atomic E-state index is 0.0400. The van der Waals surface area contributed by atoms with Gasteiger partial charge in [0.05, 0.1) is 5.56 Å². The molecule has 1 aromatic heterocycles. The summed E-state index contributed by atoms with van der Waals surface area (Å²) >= 11 is 0. The van der Waals surface area contributed by atoms with Crippen LogP contribution in [-0.2, 0) is 13.0 Å². The Bertz CT molecular complexity index is 820. The van der Waals surface area contributed by atoms with Crippen molar-refractivity contribution >= 4 is 11.9 Å². The molecule has 6 heteroatoms. The molecule has 0 aliphatic carbocycles. The van der Waals surface area contributed by atoms with Crippen LogP contribution in [0.4, 0.5) is 5.95 Å². The van der Waals surface area contributed by atoms with Gasteiger partial charge < -0.3 is 10.2 Å². The highest BCUT2D eigenvalue weighted by atomic mass is 16.2. The number of piperidine rings is 1. The Morgan fingerprint density at radius 2 is 1.89 bits per heavy atom. The molecule has 1 amide bonds. The molecule has 0 saturated carbocycles. The molecule has 0 spiro atoms. The SMILES string of the molecule is CC(C)Nc1ncc(C(=O)N2CCC[C@H](N3CCc4ccccc4C3)C2)cn1. The van der Waals surface area contributed by atoms with Gasteiger partial charge in [0.2, 0.25) is 5.95 Å². The smallest absolute Gasteiger partial charge is 0.257 e. The van der Waals surface area contributed by atoms with E-state index in [1.807, 2.05) is 18.7 Å². The van der Waals surface area contributed by atoms with Gasteiger partial charge in [0.25, 0.3) is 5.91 Å². The van der Waals surface area contributed by atoms with Gasteiger partial charge in [0.1, 0.15) is 0 Å². The average Bonchev–Trinajstić information content (AvgIpc) is 2.73. The molecule has 2 aromatic rings. The molecular weight excluding hydrogens is 350 g/mol. The Morgan fingerprint density at radius 3 is 2.64 bits per heavy atom. The molecule has 148 valence electrons. The van der Waals surface area contributed by atoms with Crippen LogP contribution in [0.5, 0.6) is 0 Å². The Morgan fingerprint density at radius 1 is 1.14 bits per heavy atom. The largest absolute Gasteiger partial charge is 0.352 e. The number of fused-ring (bicyclic) bond motifs is 1. The molecular formula is C22H29N5O. The number of aromatic nitrogens is 2. The molecule has 0 bridgehead atoms. The lowest BCUT2D eigenvalue weighted by Gasteiger charge is -2.41. The molecule has 1 N–H and O–H groups in total. The maximum Gasteiger partial charge on any atom is 0.257 e. The Labute approximate surface area is 167 Å². The molecule has 28 heavy (non-hydrogen) atoms. The second-order valence-corrected chi connectivity index (χ2v) is 8.13. The van der Waals surface area contributed by atoms with E-state index in [2.05, 4.69) is 44.5 Å². The molecule has 6 nitrogen and oxygen atoms in total. The molecule has 1 saturated heterocycles. The third-order valence-electron chi connectivity index (χ3n) is 5.68. The number of hydrogen-bond donors (Lipinski definition) is 1. The number of rotatable bonds is 4. The Hall–Kier alpha value is -2.47. The lowest BCUT2D eigenvalue weighted by molar-refractivity contribution is 0.0548. The summed E-state index contributed by atoms with van der Waals surface area (Å²) in [6, 6.07) is 9.41. The summed E-state index contributed by atoms with van der Waals surface area (Å²) in [5.74, 6) is 0.605. The first-order chi connectivity index (χ1) is 13.6. The quantitative estimate of drug-likeness (QED) is 0.885. The zero-order valence-electron chi connectivity index (χ0n) is 16.8. The summed E-state index contributed by atoms with van der Waals surface area (Å²) in [6.45, 7) is 7.73. The summed E-state index contributed by atoms with van der Waals surface area (Å²) < 4.78 is 0. The summed E-state index contributed by atoms with van der Waals surface area (Å²) in [7, 11) is 0. The van der Waals surface area contributed by atoms with Crippen LogP contribution >= 0.6 is 0 Å². The van der Waals surface area contributed by atoms with E-state index in [4.69, 9.17) is 0 Å². The van der Waals surface area contributed by atoms with Crippen LogP contribution in [0, 0.1) is 0 Å². The summed E-state index contributed by atoms with van der Waals surface area (Å²) in [5.41, 5.74) is 3.47. The number of nitrogens with zero attached hydrogens (tertiary/aromatic N) is 4. The molecule has 4 rings (SSSR count). The number of benzene rings is 1. The first kappa shape index (κ1) is 18.9. The summed E-state index contributed by atoms with van der Waals surface area (Å²) in [6.07, 6.45) is 6.57. The summed E-state index contributed by atoms with van der Waals surface area (Å²) in [5, 5.41) is 3.15. The predicted octanol–water partition coefficient (Wildman–Crippen LogP) is 2.96. The van der Waals surface area contributed by atoms with E-state index >= 15 is 0 Å². The van der Waals surface area contributed by atoms with E-state index in [0.29, 0.717) is 17.6 Å². The van der Waals surface area contributed by atoms with Gasteiger partial charge in [-0.05, 0) is 44.2 Å². The molecule has 3 heterocycles. The van der Waals surface area contributed by atoms with E-state index in [1.165, 1.54) is 11.1 Å². The van der Waals surface area contributed by atoms with Crippen molar-refractivity contribution in [1.82, 2.24) is 19.8 Å². The fraction of sp³-hybridized carbons (Fsp3) is 0.500. The van der Waals surface area contributed by atoms with Crippen molar-refractivity contribution in [3.8, 4) is 0 Å². The molecule has 1 atom stereocenters. The Kier molecular flexibility index (Phi) is 5.57. The van der Waals surface area contributed by atoms with Crippen LogP contribution < -0.4 is 5.32 Å². The maximum absolute atomic E-state index is 13.0. The second kappa shape index (κ2) is 8.27. The minimum atomic E-state index is 0.0400. The van der Waals surface area contributed by atoms with E-state index in [1.54, 1.807) is 12.4 Å². The lowest BCUT2D eigenvalue weighted by Crippen LogP contribution is -2.51. The fourth-order valence-corrected chi connectivity index (χ4v) is 4.22. The van der Waals surface area contributed by atoms with Gasteiger partial charge in [-0.2, -0.15) is 0 Å². The molecule has 1 fully saturated rings. The van der Waals surface area contributed by atoms with Crippen molar-refractivity contribution in [3.63, 3.8) is 0 Å². The molecule has 0 radical (unpaired) electrons. The summed E-state index contributed by atoms with van der Waals surface area (Å²) in [4.78, 5) is 26.1. The third kappa shape index (κ3) is 4.17. The highest BCUT2D eigenvalue weighted by Gasteiger charge is 2.30. The number of likely N-dealkylation sites (tertiary alicyclic amines) is 1. The first-order valence-electron chi connectivity index (χ1n) is 10.3. The molecule has 1 aromatic carbocycles. The lowest BCUT2D eigenvalue weighted by atomic mass is 9.96. The topological polar surface area (TPSA) is 61.4 Å². The van der Waals surface area contributed by atoms with Gasteiger partial charge in [-0.15, -0.1) is 0 Å². The van der Waals surface area contributed by atoms with Crippen LogP contribution in [0.15, 0.2) is 36.7 Å². The fourth-order valence-electron chi connectivity index (χ4n) is 4.22. The van der Waals surface area contributed by atoms with Crippen LogP contribution in [0.3, 0.4) is 0 Å². The van der Waals surface area contributed by atoms with Gasteiger partial charge in [0.15, 0.2) is 0 Å². The highest BCUT2D eigenvalue weighted by Crippen LogP contribution is 2.25. The Balaban J connectivity index is 1.40. The maximum atomic E-state index is 13.0. The zero-order chi connectivity index (χ0) is 19.5. The van der Waals surface area contributed by atoms with E-state index in [9.17, 15) is 4.79 Å².